The normalized spacial score (nSPS) is 28.9. The van der Waals surface area contributed by atoms with Gasteiger partial charge in [0.2, 0.25) is 0 Å². The highest BCUT2D eigenvalue weighted by molar-refractivity contribution is 5.77. The molecule has 0 heterocycles. The summed E-state index contributed by atoms with van der Waals surface area (Å²) in [5.74, 6) is -0.863. The maximum atomic E-state index is 11.4. The number of carboxylic acids is 1. The number of carbonyl (C=O) groups is 1. The van der Waals surface area contributed by atoms with Crippen LogP contribution in [0.15, 0.2) is 0 Å². The molecule has 1 aliphatic carbocycles. The Labute approximate surface area is 96.6 Å². The van der Waals surface area contributed by atoms with E-state index in [9.17, 15) is 9.90 Å². The van der Waals surface area contributed by atoms with E-state index in [4.69, 9.17) is 9.84 Å². The molecule has 16 heavy (non-hydrogen) atoms. The Bertz CT molecular complexity index is 249. The molecule has 0 spiro atoms. The van der Waals surface area contributed by atoms with Crippen LogP contribution in [0.3, 0.4) is 0 Å². The number of ether oxygens (including phenoxy) is 1. The first-order valence-electron chi connectivity index (χ1n) is 5.90. The van der Waals surface area contributed by atoms with Gasteiger partial charge in [-0.15, -0.1) is 0 Å². The second-order valence-corrected chi connectivity index (χ2v) is 5.42. The summed E-state index contributed by atoms with van der Waals surface area (Å²) in [6.07, 6.45) is 3.57. The number of aliphatic hydroxyl groups excluding tert-OH is 1. The van der Waals surface area contributed by atoms with Gasteiger partial charge < -0.3 is 14.9 Å². The molecule has 1 atom stereocenters. The first-order chi connectivity index (χ1) is 7.42. The zero-order chi connectivity index (χ0) is 12.2. The molecule has 0 saturated heterocycles. The Morgan fingerprint density at radius 2 is 2.06 bits per heavy atom. The summed E-state index contributed by atoms with van der Waals surface area (Å²) >= 11 is 0. The van der Waals surface area contributed by atoms with Crippen LogP contribution in [0.4, 0.5) is 0 Å². The van der Waals surface area contributed by atoms with E-state index < -0.39 is 11.6 Å². The lowest BCUT2D eigenvalue weighted by atomic mass is 9.69. The molecule has 0 amide bonds. The number of rotatable bonds is 5. The fourth-order valence-electron chi connectivity index (χ4n) is 2.50. The van der Waals surface area contributed by atoms with Gasteiger partial charge in [-0.3, -0.25) is 0 Å². The summed E-state index contributed by atoms with van der Waals surface area (Å²) in [5.41, 5.74) is -1.01. The van der Waals surface area contributed by atoms with Crippen molar-refractivity contribution >= 4 is 5.97 Å². The van der Waals surface area contributed by atoms with Gasteiger partial charge in [0.05, 0.1) is 6.61 Å². The molecule has 0 bridgehead atoms. The van der Waals surface area contributed by atoms with E-state index in [1.54, 1.807) is 0 Å². The van der Waals surface area contributed by atoms with E-state index in [0.717, 1.165) is 12.8 Å². The van der Waals surface area contributed by atoms with Crippen molar-refractivity contribution in [2.24, 2.45) is 5.41 Å². The topological polar surface area (TPSA) is 66.8 Å². The minimum atomic E-state index is -1.03. The largest absolute Gasteiger partial charge is 0.479 e. The quantitative estimate of drug-likeness (QED) is 0.707. The third-order valence-electron chi connectivity index (χ3n) is 3.27. The molecule has 4 nitrogen and oxygen atoms in total. The average Bonchev–Trinajstić information content (AvgIpc) is 2.16. The monoisotopic (exact) mass is 230 g/mol. The highest BCUT2D eigenvalue weighted by atomic mass is 16.5. The van der Waals surface area contributed by atoms with Crippen molar-refractivity contribution in [2.45, 2.75) is 51.6 Å². The lowest BCUT2D eigenvalue weighted by Crippen LogP contribution is -2.48. The summed E-state index contributed by atoms with van der Waals surface area (Å²) in [5, 5.41) is 18.0. The van der Waals surface area contributed by atoms with Crippen molar-refractivity contribution in [2.75, 3.05) is 13.2 Å². The molecule has 0 aliphatic heterocycles. The summed E-state index contributed by atoms with van der Waals surface area (Å²) in [4.78, 5) is 11.4. The first-order valence-corrected chi connectivity index (χ1v) is 5.90. The smallest absolute Gasteiger partial charge is 0.335 e. The summed E-state index contributed by atoms with van der Waals surface area (Å²) in [7, 11) is 0. The highest BCUT2D eigenvalue weighted by Gasteiger charge is 2.46. The fourth-order valence-corrected chi connectivity index (χ4v) is 2.50. The number of aliphatic carboxylic acids is 1. The molecule has 1 rings (SSSR count). The van der Waals surface area contributed by atoms with Crippen LogP contribution in [0.1, 0.15) is 46.0 Å². The maximum absolute atomic E-state index is 11.4. The molecule has 2 N–H and O–H groups in total. The van der Waals surface area contributed by atoms with Crippen molar-refractivity contribution in [3.8, 4) is 0 Å². The van der Waals surface area contributed by atoms with Crippen LogP contribution in [0.25, 0.3) is 0 Å². The Hall–Kier alpha value is -0.610. The van der Waals surface area contributed by atoms with Crippen LogP contribution in [-0.2, 0) is 9.53 Å². The standard InChI is InChI=1S/C12H22O4/c1-11(2)5-3-6-12(9-11,10(14)15)16-8-4-7-13/h13H,3-9H2,1-2H3,(H,14,15). The maximum Gasteiger partial charge on any atom is 0.335 e. The third-order valence-corrected chi connectivity index (χ3v) is 3.27. The average molecular weight is 230 g/mol. The number of hydrogen-bond donors (Lipinski definition) is 2. The van der Waals surface area contributed by atoms with Crippen LogP contribution in [-0.4, -0.2) is 35.0 Å². The van der Waals surface area contributed by atoms with Crippen molar-refractivity contribution in [1.82, 2.24) is 0 Å². The van der Waals surface area contributed by atoms with Crippen LogP contribution >= 0.6 is 0 Å². The van der Waals surface area contributed by atoms with E-state index in [2.05, 4.69) is 13.8 Å². The zero-order valence-electron chi connectivity index (χ0n) is 10.2. The molecule has 0 aromatic carbocycles. The summed E-state index contributed by atoms with van der Waals surface area (Å²) in [6, 6.07) is 0. The number of aliphatic hydroxyl groups is 1. The Kier molecular flexibility index (Phi) is 4.33. The van der Waals surface area contributed by atoms with Gasteiger partial charge in [-0.25, -0.2) is 4.79 Å². The number of hydrogen-bond acceptors (Lipinski definition) is 3. The molecule has 0 aromatic rings. The second kappa shape index (κ2) is 5.15. The molecule has 1 unspecified atom stereocenters. The molecule has 0 aromatic heterocycles. The molecule has 94 valence electrons. The van der Waals surface area contributed by atoms with Gasteiger partial charge >= 0.3 is 5.97 Å². The molecule has 1 aliphatic rings. The first kappa shape index (κ1) is 13.5. The predicted octanol–water partition coefficient (Wildman–Crippen LogP) is 1.81. The second-order valence-electron chi connectivity index (χ2n) is 5.42. The lowest BCUT2D eigenvalue weighted by Gasteiger charge is -2.41. The molecular weight excluding hydrogens is 208 g/mol. The minimum absolute atomic E-state index is 0.0237. The fraction of sp³-hybridized carbons (Fsp3) is 0.917. The van der Waals surface area contributed by atoms with Crippen LogP contribution in [0, 0.1) is 5.41 Å². The van der Waals surface area contributed by atoms with Crippen molar-refractivity contribution in [3.63, 3.8) is 0 Å². The highest BCUT2D eigenvalue weighted by Crippen LogP contribution is 2.43. The summed E-state index contributed by atoms with van der Waals surface area (Å²) in [6.45, 7) is 4.52. The van der Waals surface area contributed by atoms with Crippen molar-refractivity contribution < 1.29 is 19.7 Å². The third kappa shape index (κ3) is 3.19. The Morgan fingerprint density at radius 3 is 2.56 bits per heavy atom. The number of carboxylic acid groups (broad SMARTS) is 1. The van der Waals surface area contributed by atoms with E-state index in [1.165, 1.54) is 0 Å². The molecule has 1 saturated carbocycles. The van der Waals surface area contributed by atoms with Gasteiger partial charge in [0, 0.05) is 6.61 Å². The van der Waals surface area contributed by atoms with Gasteiger partial charge in [-0.1, -0.05) is 13.8 Å². The van der Waals surface area contributed by atoms with Gasteiger partial charge in [-0.05, 0) is 37.5 Å². The van der Waals surface area contributed by atoms with Crippen LogP contribution in [0.2, 0.25) is 0 Å². The molecule has 0 radical (unpaired) electrons. The summed E-state index contributed by atoms with van der Waals surface area (Å²) < 4.78 is 5.55. The Balaban J connectivity index is 2.68. The van der Waals surface area contributed by atoms with Gasteiger partial charge in [0.1, 0.15) is 0 Å². The van der Waals surface area contributed by atoms with Crippen molar-refractivity contribution in [3.05, 3.63) is 0 Å². The van der Waals surface area contributed by atoms with E-state index in [-0.39, 0.29) is 12.0 Å². The SMILES string of the molecule is CC1(C)CCCC(OCCCO)(C(=O)O)C1. The van der Waals surface area contributed by atoms with E-state index >= 15 is 0 Å². The lowest BCUT2D eigenvalue weighted by molar-refractivity contribution is -0.177. The minimum Gasteiger partial charge on any atom is -0.479 e. The van der Waals surface area contributed by atoms with Gasteiger partial charge in [-0.2, -0.15) is 0 Å². The molecule has 1 fully saturated rings. The Morgan fingerprint density at radius 1 is 1.38 bits per heavy atom. The van der Waals surface area contributed by atoms with Crippen LogP contribution < -0.4 is 0 Å². The van der Waals surface area contributed by atoms with Crippen molar-refractivity contribution in [1.29, 1.82) is 0 Å². The van der Waals surface area contributed by atoms with Crippen LogP contribution in [0.5, 0.6) is 0 Å². The van der Waals surface area contributed by atoms with Gasteiger partial charge in [0.25, 0.3) is 0 Å². The predicted molar refractivity (Wildman–Crippen MR) is 60.3 cm³/mol. The van der Waals surface area contributed by atoms with E-state index in [0.29, 0.717) is 25.9 Å². The molecular formula is C12H22O4. The zero-order valence-corrected chi connectivity index (χ0v) is 10.2. The molecule has 4 heteroatoms. The van der Waals surface area contributed by atoms with E-state index in [1.807, 2.05) is 0 Å². The van der Waals surface area contributed by atoms with Gasteiger partial charge in [0.15, 0.2) is 5.60 Å².